The van der Waals surface area contributed by atoms with Crippen molar-refractivity contribution in [1.82, 2.24) is 0 Å². The van der Waals surface area contributed by atoms with Crippen molar-refractivity contribution in [3.8, 4) is 0 Å². The summed E-state index contributed by atoms with van der Waals surface area (Å²) in [6, 6.07) is 0. The summed E-state index contributed by atoms with van der Waals surface area (Å²) < 4.78 is 24.2. The van der Waals surface area contributed by atoms with Crippen LogP contribution in [-0.2, 0) is 19.6 Å². The smallest absolute Gasteiger partial charge is 0.211 e. The van der Waals surface area contributed by atoms with Crippen LogP contribution in [0, 0.1) is 0 Å². The molecule has 12 heavy (non-hydrogen) atoms. The topological polar surface area (TPSA) is 93.0 Å². The zero-order chi connectivity index (χ0) is 9.61. The van der Waals surface area contributed by atoms with Crippen LogP contribution in [0.4, 0.5) is 0 Å². The maximum absolute atomic E-state index is 10.8. The van der Waals surface area contributed by atoms with E-state index in [9.17, 15) is 18.0 Å². The minimum absolute atomic E-state index is 0.253. The maximum atomic E-state index is 10.8. The Labute approximate surface area is 69.1 Å². The fraction of sp³-hybridized carbons (Fsp3) is 0.600. The number of sulfonamides is 1. The predicted octanol–water partition coefficient (Wildman–Crippen LogP) is -0.624. The minimum atomic E-state index is -3.85. The van der Waals surface area contributed by atoms with Gasteiger partial charge in [0.15, 0.2) is 0 Å². The first-order valence-electron chi connectivity index (χ1n) is 2.91. The monoisotopic (exact) mass is 190 g/mol. The normalized spacial score (nSPS) is 12.4. The predicted molar refractivity (Wildman–Crippen MR) is 39.5 cm³/mol. The highest BCUT2D eigenvalue weighted by molar-refractivity contribution is 7.90. The van der Waals surface area contributed by atoms with Crippen LogP contribution in [0.5, 0.6) is 0 Å². The summed E-state index contributed by atoms with van der Waals surface area (Å²) in [4.78, 5) is 22.3. The standard InChI is InChI=1S/C5H6N2O4S/c1-5(2-6-3-8)12(10,11)7-4-9/h5H,2H2,1H3. The van der Waals surface area contributed by atoms with Crippen molar-refractivity contribution in [1.29, 1.82) is 0 Å². The first kappa shape index (κ1) is 10.7. The molecule has 66 valence electrons. The van der Waals surface area contributed by atoms with Crippen molar-refractivity contribution in [2.24, 2.45) is 9.39 Å². The molecule has 0 aromatic rings. The van der Waals surface area contributed by atoms with Crippen LogP contribution in [-0.4, -0.2) is 32.4 Å². The van der Waals surface area contributed by atoms with Gasteiger partial charge in [0.2, 0.25) is 6.08 Å². The largest absolute Gasteiger partial charge is 0.267 e. The van der Waals surface area contributed by atoms with E-state index in [-0.39, 0.29) is 6.54 Å². The fourth-order valence-electron chi connectivity index (χ4n) is 0.402. The number of hydrogen-bond acceptors (Lipinski definition) is 5. The highest BCUT2D eigenvalue weighted by atomic mass is 32.2. The van der Waals surface area contributed by atoms with Crippen LogP contribution < -0.4 is 0 Å². The molecule has 0 saturated carbocycles. The third kappa shape index (κ3) is 3.21. The average Bonchev–Trinajstić information content (AvgIpc) is 2.00. The lowest BCUT2D eigenvalue weighted by molar-refractivity contribution is 0.560. The van der Waals surface area contributed by atoms with Gasteiger partial charge >= 0.3 is 0 Å². The molecule has 0 aliphatic heterocycles. The molecule has 7 heteroatoms. The molecule has 0 aromatic heterocycles. The SMILES string of the molecule is CC(CN=C=O)S(=O)(=O)N=C=O. The van der Waals surface area contributed by atoms with Crippen molar-refractivity contribution in [2.75, 3.05) is 6.54 Å². The molecule has 0 N–H and O–H groups in total. The van der Waals surface area contributed by atoms with Gasteiger partial charge in [0.25, 0.3) is 16.1 Å². The van der Waals surface area contributed by atoms with E-state index in [1.165, 1.54) is 13.0 Å². The summed E-state index contributed by atoms with van der Waals surface area (Å²) in [6.07, 6.45) is 2.10. The lowest BCUT2D eigenvalue weighted by Crippen LogP contribution is -2.18. The number of hydrogen-bond donors (Lipinski definition) is 0. The summed E-state index contributed by atoms with van der Waals surface area (Å²) in [6.45, 7) is 1.02. The summed E-state index contributed by atoms with van der Waals surface area (Å²) in [7, 11) is -3.85. The molecule has 0 fully saturated rings. The van der Waals surface area contributed by atoms with Crippen LogP contribution in [0.25, 0.3) is 0 Å². The Morgan fingerprint density at radius 3 is 2.33 bits per heavy atom. The first-order valence-corrected chi connectivity index (χ1v) is 4.41. The van der Waals surface area contributed by atoms with E-state index >= 15 is 0 Å². The summed E-state index contributed by atoms with van der Waals surface area (Å²) >= 11 is 0. The molecule has 0 rings (SSSR count). The average molecular weight is 190 g/mol. The third-order valence-corrected chi connectivity index (χ3v) is 2.58. The van der Waals surface area contributed by atoms with E-state index in [0.717, 1.165) is 6.08 Å². The molecule has 0 spiro atoms. The molecule has 0 heterocycles. The Morgan fingerprint density at radius 2 is 1.92 bits per heavy atom. The molecule has 0 aliphatic carbocycles. The zero-order valence-corrected chi connectivity index (χ0v) is 7.04. The summed E-state index contributed by atoms with van der Waals surface area (Å²) in [5.41, 5.74) is 0. The highest BCUT2D eigenvalue weighted by Gasteiger charge is 2.18. The molecule has 0 bridgehead atoms. The van der Waals surface area contributed by atoms with Gasteiger partial charge in [-0.05, 0) is 6.92 Å². The molecule has 0 saturated heterocycles. The number of isocyanates is 2. The second-order valence-electron chi connectivity index (χ2n) is 1.94. The first-order chi connectivity index (χ1) is 5.54. The van der Waals surface area contributed by atoms with E-state index in [1.807, 2.05) is 0 Å². The summed E-state index contributed by atoms with van der Waals surface area (Å²) in [5.74, 6) is 0. The van der Waals surface area contributed by atoms with Gasteiger partial charge in [0, 0.05) is 0 Å². The van der Waals surface area contributed by atoms with Crippen molar-refractivity contribution in [3.05, 3.63) is 0 Å². The third-order valence-electron chi connectivity index (χ3n) is 1.09. The van der Waals surface area contributed by atoms with Crippen LogP contribution in [0.15, 0.2) is 9.39 Å². The zero-order valence-electron chi connectivity index (χ0n) is 6.22. The molecule has 0 aliphatic rings. The van der Waals surface area contributed by atoms with Gasteiger partial charge in [-0.1, -0.05) is 4.40 Å². The quantitative estimate of drug-likeness (QED) is 0.436. The Kier molecular flexibility index (Phi) is 4.07. The number of nitrogens with zero attached hydrogens (tertiary/aromatic N) is 2. The van der Waals surface area contributed by atoms with Crippen molar-refractivity contribution >= 4 is 22.2 Å². The molecule has 1 unspecified atom stereocenters. The van der Waals surface area contributed by atoms with Gasteiger partial charge in [-0.25, -0.2) is 23.0 Å². The second kappa shape index (κ2) is 4.56. The van der Waals surface area contributed by atoms with Crippen LogP contribution in [0.1, 0.15) is 6.92 Å². The number of rotatable bonds is 4. The number of carbonyl (C=O) groups excluding carboxylic acids is 2. The number of aliphatic imine (C=N–C) groups is 1. The lowest BCUT2D eigenvalue weighted by Gasteiger charge is -2.00. The van der Waals surface area contributed by atoms with E-state index in [1.54, 1.807) is 0 Å². The van der Waals surface area contributed by atoms with Crippen molar-refractivity contribution in [3.63, 3.8) is 0 Å². The maximum Gasteiger partial charge on any atom is 0.267 e. The molecule has 0 amide bonds. The van der Waals surface area contributed by atoms with Gasteiger partial charge in [-0.15, -0.1) is 0 Å². The van der Waals surface area contributed by atoms with Crippen LogP contribution in [0.3, 0.4) is 0 Å². The van der Waals surface area contributed by atoms with Gasteiger partial charge in [0.1, 0.15) is 5.25 Å². The molecular weight excluding hydrogens is 184 g/mol. The van der Waals surface area contributed by atoms with Crippen LogP contribution >= 0.6 is 0 Å². The minimum Gasteiger partial charge on any atom is -0.211 e. The Hall–Kier alpha value is -1.29. The van der Waals surface area contributed by atoms with E-state index in [2.05, 4.69) is 9.39 Å². The molecule has 6 nitrogen and oxygen atoms in total. The van der Waals surface area contributed by atoms with Gasteiger partial charge in [-0.3, -0.25) is 0 Å². The Balaban J connectivity index is 4.57. The Morgan fingerprint density at radius 1 is 1.33 bits per heavy atom. The fourth-order valence-corrected chi connectivity index (χ4v) is 0.949. The van der Waals surface area contributed by atoms with Crippen LogP contribution in [0.2, 0.25) is 0 Å². The van der Waals surface area contributed by atoms with Gasteiger partial charge < -0.3 is 0 Å². The second-order valence-corrected chi connectivity index (χ2v) is 3.96. The highest BCUT2D eigenvalue weighted by Crippen LogP contribution is 2.02. The molecule has 0 radical (unpaired) electrons. The lowest BCUT2D eigenvalue weighted by atomic mass is 10.5. The van der Waals surface area contributed by atoms with Crippen molar-refractivity contribution in [2.45, 2.75) is 12.2 Å². The van der Waals surface area contributed by atoms with Gasteiger partial charge in [0.05, 0.1) is 6.54 Å². The molecule has 1 atom stereocenters. The van der Waals surface area contributed by atoms with E-state index < -0.39 is 15.3 Å². The van der Waals surface area contributed by atoms with E-state index in [0.29, 0.717) is 0 Å². The van der Waals surface area contributed by atoms with E-state index in [4.69, 9.17) is 0 Å². The molecule has 0 aromatic carbocycles. The molecular formula is C5H6N2O4S. The van der Waals surface area contributed by atoms with Crippen molar-refractivity contribution < 1.29 is 18.0 Å². The van der Waals surface area contributed by atoms with Gasteiger partial charge in [-0.2, -0.15) is 0 Å². The Bertz CT molecular complexity index is 334. The summed E-state index contributed by atoms with van der Waals surface area (Å²) in [5, 5.41) is -1.000.